The number of nitrogens with one attached hydrogen (secondary N) is 1. The van der Waals surface area contributed by atoms with Gasteiger partial charge in [0, 0.05) is 18.7 Å². The number of ether oxygens (including phenoxy) is 3. The zero-order valence-electron chi connectivity index (χ0n) is 16.7. The van der Waals surface area contributed by atoms with E-state index < -0.39 is 10.0 Å². The predicted octanol–water partition coefficient (Wildman–Crippen LogP) is 1.59. The van der Waals surface area contributed by atoms with Gasteiger partial charge in [0.1, 0.15) is 12.7 Å². The van der Waals surface area contributed by atoms with Crippen LogP contribution in [-0.4, -0.2) is 64.2 Å². The number of amides is 1. The summed E-state index contributed by atoms with van der Waals surface area (Å²) >= 11 is 0. The van der Waals surface area contributed by atoms with Gasteiger partial charge in [-0.25, -0.2) is 8.42 Å². The van der Waals surface area contributed by atoms with E-state index in [4.69, 9.17) is 14.2 Å². The molecule has 9 heteroatoms. The Balaban J connectivity index is 1.45. The molecule has 2 heterocycles. The van der Waals surface area contributed by atoms with Gasteiger partial charge in [0.15, 0.2) is 11.5 Å². The molecule has 0 radical (unpaired) electrons. The lowest BCUT2D eigenvalue weighted by atomic mass is 10.1. The first-order valence-corrected chi connectivity index (χ1v) is 11.2. The highest BCUT2D eigenvalue weighted by Crippen LogP contribution is 2.30. The Morgan fingerprint density at radius 1 is 1.13 bits per heavy atom. The van der Waals surface area contributed by atoms with Gasteiger partial charge in [-0.1, -0.05) is 18.2 Å². The lowest BCUT2D eigenvalue weighted by molar-refractivity contribution is 0.0730. The predicted molar refractivity (Wildman–Crippen MR) is 109 cm³/mol. The van der Waals surface area contributed by atoms with E-state index in [2.05, 4.69) is 5.32 Å². The van der Waals surface area contributed by atoms with Gasteiger partial charge in [-0.3, -0.25) is 4.79 Å². The maximum absolute atomic E-state index is 12.9. The van der Waals surface area contributed by atoms with Crippen molar-refractivity contribution in [2.75, 3.05) is 39.5 Å². The van der Waals surface area contributed by atoms with Crippen LogP contribution in [0.15, 0.2) is 47.4 Å². The van der Waals surface area contributed by atoms with E-state index in [0.717, 1.165) is 0 Å². The topological polar surface area (TPSA) is 94.2 Å². The van der Waals surface area contributed by atoms with Crippen molar-refractivity contribution in [3.05, 3.63) is 53.6 Å². The number of aryl methyl sites for hydroxylation is 1. The molecular formula is C21H24N2O6S. The molecule has 2 aliphatic rings. The lowest BCUT2D eigenvalue weighted by Gasteiger charge is -2.27. The molecule has 1 N–H and O–H groups in total. The summed E-state index contributed by atoms with van der Waals surface area (Å²) in [5.41, 5.74) is 1.01. The van der Waals surface area contributed by atoms with Crippen molar-refractivity contribution in [1.82, 2.24) is 9.62 Å². The average Bonchev–Trinajstić information content (AvgIpc) is 2.78. The summed E-state index contributed by atoms with van der Waals surface area (Å²) in [4.78, 5) is 12.9. The van der Waals surface area contributed by atoms with Gasteiger partial charge in [0.25, 0.3) is 5.91 Å². The molecule has 0 bridgehead atoms. The molecule has 160 valence electrons. The molecule has 0 unspecified atom stereocenters. The Kier molecular flexibility index (Phi) is 5.94. The molecule has 8 nitrogen and oxygen atoms in total. The Morgan fingerprint density at radius 2 is 1.87 bits per heavy atom. The average molecular weight is 432 g/mol. The van der Waals surface area contributed by atoms with Gasteiger partial charge in [-0.05, 0) is 36.8 Å². The summed E-state index contributed by atoms with van der Waals surface area (Å²) in [6.07, 6.45) is -0.329. The van der Waals surface area contributed by atoms with Crippen LogP contribution in [-0.2, 0) is 14.8 Å². The van der Waals surface area contributed by atoms with Crippen molar-refractivity contribution in [2.45, 2.75) is 17.9 Å². The SMILES string of the molecule is Cc1ccc(S(=O)(=O)N2CCOCC2)cc1C(=O)NC[C@H]1COc2ccccc2O1. The van der Waals surface area contributed by atoms with Crippen LogP contribution < -0.4 is 14.8 Å². The maximum Gasteiger partial charge on any atom is 0.251 e. The van der Waals surface area contributed by atoms with E-state index in [-0.39, 0.29) is 23.5 Å². The number of hydrogen-bond acceptors (Lipinski definition) is 6. The zero-order valence-corrected chi connectivity index (χ0v) is 17.5. The highest BCUT2D eigenvalue weighted by atomic mass is 32.2. The second-order valence-electron chi connectivity index (χ2n) is 7.20. The Morgan fingerprint density at radius 3 is 2.63 bits per heavy atom. The number of sulfonamides is 1. The molecule has 1 fully saturated rings. The Hall–Kier alpha value is -2.62. The van der Waals surface area contributed by atoms with Gasteiger partial charge >= 0.3 is 0 Å². The minimum atomic E-state index is -3.68. The summed E-state index contributed by atoms with van der Waals surface area (Å²) in [7, 11) is -3.68. The first kappa shape index (κ1) is 20.6. The normalized spacial score (nSPS) is 19.3. The van der Waals surface area contributed by atoms with E-state index in [1.807, 2.05) is 24.3 Å². The molecule has 2 aromatic carbocycles. The fraction of sp³-hybridized carbons (Fsp3) is 0.381. The van der Waals surface area contributed by atoms with Crippen molar-refractivity contribution in [3.63, 3.8) is 0 Å². The van der Waals surface area contributed by atoms with Crippen molar-refractivity contribution in [3.8, 4) is 11.5 Å². The van der Waals surface area contributed by atoms with Crippen LogP contribution in [0.4, 0.5) is 0 Å². The number of hydrogen-bond donors (Lipinski definition) is 1. The fourth-order valence-electron chi connectivity index (χ4n) is 3.41. The number of carbonyl (C=O) groups excluding carboxylic acids is 1. The maximum atomic E-state index is 12.9. The molecule has 0 aromatic heterocycles. The summed E-state index contributed by atoms with van der Waals surface area (Å²) in [6.45, 7) is 3.68. The van der Waals surface area contributed by atoms with E-state index in [0.29, 0.717) is 55.5 Å². The first-order chi connectivity index (χ1) is 14.4. The van der Waals surface area contributed by atoms with Gasteiger partial charge in [0.05, 0.1) is 24.7 Å². The number of benzene rings is 2. The Bertz CT molecular complexity index is 1030. The van der Waals surface area contributed by atoms with Gasteiger partial charge < -0.3 is 19.5 Å². The van der Waals surface area contributed by atoms with E-state index in [1.54, 1.807) is 13.0 Å². The molecule has 4 rings (SSSR count). The fourth-order valence-corrected chi connectivity index (χ4v) is 4.84. The molecule has 0 aliphatic carbocycles. The molecule has 1 amide bonds. The molecule has 0 spiro atoms. The molecule has 30 heavy (non-hydrogen) atoms. The quantitative estimate of drug-likeness (QED) is 0.771. The van der Waals surface area contributed by atoms with Crippen LogP contribution >= 0.6 is 0 Å². The third-order valence-corrected chi connectivity index (χ3v) is 7.01. The first-order valence-electron chi connectivity index (χ1n) is 9.80. The summed E-state index contributed by atoms with van der Waals surface area (Å²) in [5.74, 6) is 0.962. The van der Waals surface area contributed by atoms with E-state index in [1.165, 1.54) is 16.4 Å². The third kappa shape index (κ3) is 4.28. The number of morpholine rings is 1. The molecule has 1 saturated heterocycles. The molecule has 2 aliphatic heterocycles. The molecule has 2 aromatic rings. The van der Waals surface area contributed by atoms with Crippen LogP contribution in [0.1, 0.15) is 15.9 Å². The summed E-state index contributed by atoms with van der Waals surface area (Å²) < 4.78 is 43.9. The van der Waals surface area contributed by atoms with Crippen molar-refractivity contribution in [1.29, 1.82) is 0 Å². The minimum absolute atomic E-state index is 0.103. The van der Waals surface area contributed by atoms with Gasteiger partial charge in [-0.2, -0.15) is 4.31 Å². The third-order valence-electron chi connectivity index (χ3n) is 5.12. The van der Waals surface area contributed by atoms with Crippen LogP contribution in [0.2, 0.25) is 0 Å². The number of fused-ring (bicyclic) bond motifs is 1. The highest BCUT2D eigenvalue weighted by molar-refractivity contribution is 7.89. The zero-order chi connectivity index (χ0) is 21.1. The van der Waals surface area contributed by atoms with Gasteiger partial charge in [-0.15, -0.1) is 0 Å². The Labute approximate surface area is 175 Å². The largest absolute Gasteiger partial charge is 0.486 e. The van der Waals surface area contributed by atoms with Crippen molar-refractivity contribution < 1.29 is 27.4 Å². The molecule has 1 atom stereocenters. The van der Waals surface area contributed by atoms with Crippen LogP contribution in [0, 0.1) is 6.92 Å². The van der Waals surface area contributed by atoms with E-state index in [9.17, 15) is 13.2 Å². The van der Waals surface area contributed by atoms with Crippen LogP contribution in [0.3, 0.4) is 0 Å². The van der Waals surface area contributed by atoms with Crippen molar-refractivity contribution in [2.24, 2.45) is 0 Å². The second-order valence-corrected chi connectivity index (χ2v) is 9.14. The van der Waals surface area contributed by atoms with Gasteiger partial charge in [0.2, 0.25) is 10.0 Å². The molecular weight excluding hydrogens is 408 g/mol. The monoisotopic (exact) mass is 432 g/mol. The number of rotatable bonds is 5. The molecule has 0 saturated carbocycles. The van der Waals surface area contributed by atoms with Crippen molar-refractivity contribution >= 4 is 15.9 Å². The smallest absolute Gasteiger partial charge is 0.251 e. The lowest BCUT2D eigenvalue weighted by Crippen LogP contribution is -2.41. The second kappa shape index (κ2) is 8.63. The number of nitrogens with zero attached hydrogens (tertiary/aromatic N) is 1. The number of para-hydroxylation sites is 2. The standard InChI is InChI=1S/C21H24N2O6S/c1-15-6-7-17(30(25,26)23-8-10-27-11-9-23)12-18(15)21(24)22-13-16-14-28-19-4-2-3-5-20(19)29-16/h2-7,12,16H,8-11,13-14H2,1H3,(H,22,24)/t16-/m0/s1. The van der Waals surface area contributed by atoms with E-state index >= 15 is 0 Å². The van der Waals surface area contributed by atoms with Crippen LogP contribution in [0.25, 0.3) is 0 Å². The minimum Gasteiger partial charge on any atom is -0.486 e. The summed E-state index contributed by atoms with van der Waals surface area (Å²) in [6, 6.07) is 12.0. The highest BCUT2D eigenvalue weighted by Gasteiger charge is 2.28. The summed E-state index contributed by atoms with van der Waals surface area (Å²) in [5, 5.41) is 2.83. The number of carbonyl (C=O) groups is 1. The van der Waals surface area contributed by atoms with Crippen LogP contribution in [0.5, 0.6) is 11.5 Å².